The van der Waals surface area contributed by atoms with E-state index in [1.165, 1.54) is 24.3 Å². The van der Waals surface area contributed by atoms with Gasteiger partial charge in [0, 0.05) is 18.5 Å². The topological polar surface area (TPSA) is 55.4 Å². The van der Waals surface area contributed by atoms with Crippen molar-refractivity contribution in [3.05, 3.63) is 35.6 Å². The van der Waals surface area contributed by atoms with Crippen LogP contribution in [-0.2, 0) is 4.74 Å². The summed E-state index contributed by atoms with van der Waals surface area (Å²) >= 11 is 0. The summed E-state index contributed by atoms with van der Waals surface area (Å²) in [5, 5.41) is 2.69. The van der Waals surface area contributed by atoms with Crippen LogP contribution < -0.4 is 5.32 Å². The van der Waals surface area contributed by atoms with Crippen molar-refractivity contribution in [3.8, 4) is 0 Å². The second-order valence-electron chi connectivity index (χ2n) is 6.46. The smallest absolute Gasteiger partial charge is 0.407 e. The van der Waals surface area contributed by atoms with E-state index in [9.17, 15) is 14.0 Å². The molecule has 0 spiro atoms. The van der Waals surface area contributed by atoms with E-state index in [2.05, 4.69) is 5.32 Å². The molecular weight excluding hydrogens is 285 g/mol. The maximum absolute atomic E-state index is 12.8. The fourth-order valence-corrected chi connectivity index (χ4v) is 1.83. The van der Waals surface area contributed by atoms with E-state index in [1.54, 1.807) is 20.8 Å². The summed E-state index contributed by atoms with van der Waals surface area (Å²) in [6, 6.07) is 5.53. The van der Waals surface area contributed by atoms with Gasteiger partial charge in [0.05, 0.1) is 0 Å². The van der Waals surface area contributed by atoms with Crippen LogP contribution >= 0.6 is 0 Å². The standard InChI is InChI=1S/C17H24FNO3/c1-12(11-19-16(21)22-17(2,3)4)5-10-15(20)13-6-8-14(18)9-7-13/h6-9,12H,5,10-11H2,1-4H3,(H,19,21)/t12-/m0/s1. The Hall–Kier alpha value is -1.91. The van der Waals surface area contributed by atoms with E-state index >= 15 is 0 Å². The summed E-state index contributed by atoms with van der Waals surface area (Å²) in [4.78, 5) is 23.5. The number of amides is 1. The molecule has 1 aromatic carbocycles. The van der Waals surface area contributed by atoms with Gasteiger partial charge in [-0.05, 0) is 57.4 Å². The van der Waals surface area contributed by atoms with Crippen molar-refractivity contribution in [1.82, 2.24) is 5.32 Å². The molecule has 0 unspecified atom stereocenters. The highest BCUT2D eigenvalue weighted by Gasteiger charge is 2.16. The van der Waals surface area contributed by atoms with Crippen molar-refractivity contribution < 1.29 is 18.7 Å². The van der Waals surface area contributed by atoms with E-state index in [-0.39, 0.29) is 17.5 Å². The lowest BCUT2D eigenvalue weighted by Gasteiger charge is -2.20. The van der Waals surface area contributed by atoms with E-state index in [0.717, 1.165) is 0 Å². The van der Waals surface area contributed by atoms with E-state index in [4.69, 9.17) is 4.74 Å². The van der Waals surface area contributed by atoms with Crippen LogP contribution in [-0.4, -0.2) is 24.0 Å². The zero-order valence-electron chi connectivity index (χ0n) is 13.6. The van der Waals surface area contributed by atoms with Gasteiger partial charge in [-0.3, -0.25) is 4.79 Å². The normalized spacial score (nSPS) is 12.6. The number of ketones is 1. The first-order valence-electron chi connectivity index (χ1n) is 7.43. The first-order valence-corrected chi connectivity index (χ1v) is 7.43. The number of hydrogen-bond acceptors (Lipinski definition) is 3. The predicted molar refractivity (Wildman–Crippen MR) is 83.4 cm³/mol. The minimum atomic E-state index is -0.522. The monoisotopic (exact) mass is 309 g/mol. The lowest BCUT2D eigenvalue weighted by atomic mass is 10.00. The molecule has 0 aromatic heterocycles. The summed E-state index contributed by atoms with van der Waals surface area (Å²) in [6.07, 6.45) is 0.554. The van der Waals surface area contributed by atoms with Gasteiger partial charge in [-0.25, -0.2) is 9.18 Å². The SMILES string of the molecule is C[C@@H](CCC(=O)c1ccc(F)cc1)CNC(=O)OC(C)(C)C. The second kappa shape index (κ2) is 7.92. The predicted octanol–water partition coefficient (Wildman–Crippen LogP) is 3.95. The molecule has 0 aliphatic carbocycles. The first-order chi connectivity index (χ1) is 10.2. The number of Topliss-reactive ketones (excluding diaryl/α,β-unsaturated/α-hetero) is 1. The fourth-order valence-electron chi connectivity index (χ4n) is 1.83. The number of benzene rings is 1. The van der Waals surface area contributed by atoms with Crippen molar-refractivity contribution in [2.24, 2.45) is 5.92 Å². The van der Waals surface area contributed by atoms with Crippen LogP contribution in [0.1, 0.15) is 50.9 Å². The molecule has 0 fully saturated rings. The molecular formula is C17H24FNO3. The maximum Gasteiger partial charge on any atom is 0.407 e. The third-order valence-electron chi connectivity index (χ3n) is 3.02. The number of ether oxygens (including phenoxy) is 1. The van der Waals surface area contributed by atoms with Gasteiger partial charge in [-0.2, -0.15) is 0 Å². The number of halogens is 1. The summed E-state index contributed by atoms with van der Waals surface area (Å²) < 4.78 is 17.9. The second-order valence-corrected chi connectivity index (χ2v) is 6.46. The van der Waals surface area contributed by atoms with Crippen molar-refractivity contribution in [2.45, 2.75) is 46.1 Å². The molecule has 4 nitrogen and oxygen atoms in total. The summed E-state index contributed by atoms with van der Waals surface area (Å²) in [7, 11) is 0. The van der Waals surface area contributed by atoms with Crippen LogP contribution in [0, 0.1) is 11.7 Å². The average molecular weight is 309 g/mol. The quantitative estimate of drug-likeness (QED) is 0.810. The zero-order chi connectivity index (χ0) is 16.8. The summed E-state index contributed by atoms with van der Waals surface area (Å²) in [5.74, 6) is -0.229. The molecule has 1 aromatic rings. The molecule has 122 valence electrons. The Morgan fingerprint density at radius 1 is 1.23 bits per heavy atom. The van der Waals surface area contributed by atoms with Gasteiger partial charge >= 0.3 is 6.09 Å². The van der Waals surface area contributed by atoms with Crippen molar-refractivity contribution in [3.63, 3.8) is 0 Å². The molecule has 5 heteroatoms. The number of hydrogen-bond donors (Lipinski definition) is 1. The first kappa shape index (κ1) is 18.1. The van der Waals surface area contributed by atoms with Crippen LogP contribution in [0.5, 0.6) is 0 Å². The van der Waals surface area contributed by atoms with Crippen LogP contribution in [0.25, 0.3) is 0 Å². The Labute approximate surface area is 131 Å². The molecule has 0 aliphatic rings. The third kappa shape index (κ3) is 7.20. The highest BCUT2D eigenvalue weighted by Crippen LogP contribution is 2.12. The highest BCUT2D eigenvalue weighted by molar-refractivity contribution is 5.95. The zero-order valence-corrected chi connectivity index (χ0v) is 13.6. The lowest BCUT2D eigenvalue weighted by Crippen LogP contribution is -2.34. The molecule has 0 heterocycles. The van der Waals surface area contributed by atoms with Gasteiger partial charge in [-0.1, -0.05) is 6.92 Å². The molecule has 1 amide bonds. The van der Waals surface area contributed by atoms with Gasteiger partial charge < -0.3 is 10.1 Å². The molecule has 0 radical (unpaired) electrons. The van der Waals surface area contributed by atoms with E-state index in [0.29, 0.717) is 24.9 Å². The molecule has 1 N–H and O–H groups in total. The molecule has 0 saturated carbocycles. The number of rotatable bonds is 6. The average Bonchev–Trinajstić information content (AvgIpc) is 2.41. The number of nitrogens with one attached hydrogen (secondary N) is 1. The van der Waals surface area contributed by atoms with Gasteiger partial charge in [0.1, 0.15) is 11.4 Å². The Kier molecular flexibility index (Phi) is 6.53. The minimum Gasteiger partial charge on any atom is -0.444 e. The molecule has 0 bridgehead atoms. The van der Waals surface area contributed by atoms with Crippen molar-refractivity contribution in [1.29, 1.82) is 0 Å². The van der Waals surface area contributed by atoms with Crippen LogP contribution in [0.4, 0.5) is 9.18 Å². The van der Waals surface area contributed by atoms with Gasteiger partial charge in [0.25, 0.3) is 0 Å². The highest BCUT2D eigenvalue weighted by atomic mass is 19.1. The molecule has 1 atom stereocenters. The fraction of sp³-hybridized carbons (Fsp3) is 0.529. The van der Waals surface area contributed by atoms with Crippen molar-refractivity contribution in [2.75, 3.05) is 6.54 Å². The van der Waals surface area contributed by atoms with Crippen LogP contribution in [0.15, 0.2) is 24.3 Å². The number of carbonyl (C=O) groups is 2. The summed E-state index contributed by atoms with van der Waals surface area (Å²) in [6.45, 7) is 7.81. The Morgan fingerprint density at radius 3 is 2.36 bits per heavy atom. The number of carbonyl (C=O) groups excluding carboxylic acids is 2. The Morgan fingerprint density at radius 2 is 1.82 bits per heavy atom. The largest absolute Gasteiger partial charge is 0.444 e. The van der Waals surface area contributed by atoms with Crippen molar-refractivity contribution >= 4 is 11.9 Å². The molecule has 1 rings (SSSR count). The van der Waals surface area contributed by atoms with E-state index in [1.807, 2.05) is 6.92 Å². The molecule has 22 heavy (non-hydrogen) atoms. The van der Waals surface area contributed by atoms with Gasteiger partial charge in [0.15, 0.2) is 5.78 Å². The van der Waals surface area contributed by atoms with Crippen LogP contribution in [0.3, 0.4) is 0 Å². The third-order valence-corrected chi connectivity index (χ3v) is 3.02. The van der Waals surface area contributed by atoms with Gasteiger partial charge in [-0.15, -0.1) is 0 Å². The summed E-state index contributed by atoms with van der Waals surface area (Å²) in [5.41, 5.74) is -0.0139. The minimum absolute atomic E-state index is 0.0240. The molecule has 0 aliphatic heterocycles. The molecule has 0 saturated heterocycles. The van der Waals surface area contributed by atoms with Gasteiger partial charge in [0.2, 0.25) is 0 Å². The van der Waals surface area contributed by atoms with E-state index < -0.39 is 11.7 Å². The Balaban J connectivity index is 2.31. The maximum atomic E-state index is 12.8. The van der Waals surface area contributed by atoms with Crippen LogP contribution in [0.2, 0.25) is 0 Å². The lowest BCUT2D eigenvalue weighted by molar-refractivity contribution is 0.0520. The number of alkyl carbamates (subject to hydrolysis) is 1. The Bertz CT molecular complexity index is 506.